The molecule has 0 saturated carbocycles. The van der Waals surface area contributed by atoms with Crippen LogP contribution in [-0.2, 0) is 19.4 Å². The zero-order valence-electron chi connectivity index (χ0n) is 19.4. The summed E-state index contributed by atoms with van der Waals surface area (Å²) in [5, 5.41) is 0. The molecule has 0 fully saturated rings. The maximum Gasteiger partial charge on any atom is 0.167 e. The summed E-state index contributed by atoms with van der Waals surface area (Å²) in [6, 6.07) is 22.7. The van der Waals surface area contributed by atoms with E-state index in [4.69, 9.17) is 4.74 Å². The molecule has 0 spiro atoms. The van der Waals surface area contributed by atoms with Gasteiger partial charge in [-0.05, 0) is 46.7 Å². The molecule has 0 saturated heterocycles. The van der Waals surface area contributed by atoms with E-state index in [-0.39, 0.29) is 23.6 Å². The van der Waals surface area contributed by atoms with Crippen LogP contribution in [0.2, 0.25) is 0 Å². The summed E-state index contributed by atoms with van der Waals surface area (Å²) in [6.07, 6.45) is 2.61. The summed E-state index contributed by atoms with van der Waals surface area (Å²) in [7, 11) is 0. The molecule has 0 atom stereocenters. The lowest BCUT2D eigenvalue weighted by molar-refractivity contribution is 0.304. The van der Waals surface area contributed by atoms with Crippen LogP contribution in [0.5, 0.6) is 5.75 Å². The number of ether oxygens (including phenoxy) is 1. The van der Waals surface area contributed by atoms with Crippen LogP contribution in [0.4, 0.5) is 13.2 Å². The molecule has 0 radical (unpaired) electrons. The average molecular weight is 461 g/mol. The predicted octanol–water partition coefficient (Wildman–Crippen LogP) is 8.53. The average Bonchev–Trinajstić information content (AvgIpc) is 2.86. The predicted molar refractivity (Wildman–Crippen MR) is 131 cm³/mol. The fourth-order valence-corrected chi connectivity index (χ4v) is 3.99. The van der Waals surface area contributed by atoms with Gasteiger partial charge in [0.25, 0.3) is 0 Å². The summed E-state index contributed by atoms with van der Waals surface area (Å²) in [5.74, 6) is -1.56. The first-order chi connectivity index (χ1) is 16.5. The van der Waals surface area contributed by atoms with Crippen molar-refractivity contribution in [3.05, 3.63) is 113 Å². The van der Waals surface area contributed by atoms with E-state index in [1.807, 2.05) is 31.2 Å². The van der Waals surface area contributed by atoms with E-state index in [9.17, 15) is 13.2 Å². The van der Waals surface area contributed by atoms with E-state index in [0.29, 0.717) is 28.9 Å². The lowest BCUT2D eigenvalue weighted by Crippen LogP contribution is -1.98. The lowest BCUT2D eigenvalue weighted by atomic mass is 9.97. The number of aryl methyl sites for hydroxylation is 2. The molecular weight excluding hydrogens is 433 g/mol. The van der Waals surface area contributed by atoms with Crippen LogP contribution in [0.3, 0.4) is 0 Å². The first kappa shape index (κ1) is 23.6. The SMILES string of the molecule is CCCc1ccc(-c2ccc(-c3ccc(COc4ccc(CC)c(F)c4)cc3)c(F)c2F)cc1. The summed E-state index contributed by atoms with van der Waals surface area (Å²) >= 11 is 0. The van der Waals surface area contributed by atoms with Crippen LogP contribution < -0.4 is 4.74 Å². The van der Waals surface area contributed by atoms with Crippen molar-refractivity contribution >= 4 is 0 Å². The number of hydrogen-bond acceptors (Lipinski definition) is 1. The van der Waals surface area contributed by atoms with Gasteiger partial charge in [-0.15, -0.1) is 0 Å². The van der Waals surface area contributed by atoms with E-state index in [1.165, 1.54) is 11.6 Å². The molecule has 4 aromatic carbocycles. The van der Waals surface area contributed by atoms with Crippen LogP contribution in [0.1, 0.15) is 37.0 Å². The van der Waals surface area contributed by atoms with Crippen molar-refractivity contribution in [2.45, 2.75) is 39.7 Å². The molecule has 4 rings (SSSR count). The number of benzene rings is 4. The molecular formula is C30H27F3O. The minimum Gasteiger partial charge on any atom is -0.489 e. The van der Waals surface area contributed by atoms with Gasteiger partial charge in [0.2, 0.25) is 0 Å². The highest BCUT2D eigenvalue weighted by Gasteiger charge is 2.16. The third kappa shape index (κ3) is 5.17. The molecule has 0 aliphatic carbocycles. The van der Waals surface area contributed by atoms with E-state index in [2.05, 4.69) is 6.92 Å². The van der Waals surface area contributed by atoms with Gasteiger partial charge in [0.15, 0.2) is 11.6 Å². The second-order valence-electron chi connectivity index (χ2n) is 8.33. The highest BCUT2D eigenvalue weighted by atomic mass is 19.2. The molecule has 4 heteroatoms. The Bertz CT molecular complexity index is 1260. The van der Waals surface area contributed by atoms with Crippen LogP contribution >= 0.6 is 0 Å². The maximum absolute atomic E-state index is 15.0. The second-order valence-corrected chi connectivity index (χ2v) is 8.33. The van der Waals surface area contributed by atoms with Crippen molar-refractivity contribution < 1.29 is 17.9 Å². The molecule has 0 aliphatic rings. The lowest BCUT2D eigenvalue weighted by Gasteiger charge is -2.11. The Labute approximate surface area is 198 Å². The number of halogens is 3. The van der Waals surface area contributed by atoms with Gasteiger partial charge in [0, 0.05) is 17.2 Å². The van der Waals surface area contributed by atoms with Crippen LogP contribution in [-0.4, -0.2) is 0 Å². The van der Waals surface area contributed by atoms with Gasteiger partial charge in [-0.25, -0.2) is 13.2 Å². The standard InChI is InChI=1S/C30H27F3O/c1-3-5-20-6-10-23(11-7-20)26-16-17-27(30(33)29(26)32)24-12-8-21(9-13-24)19-34-25-15-14-22(4-2)28(31)18-25/h6-18H,3-5,19H2,1-2H3. The molecule has 0 unspecified atom stereocenters. The molecule has 34 heavy (non-hydrogen) atoms. The molecule has 4 aromatic rings. The summed E-state index contributed by atoms with van der Waals surface area (Å²) in [6.45, 7) is 4.25. The molecule has 0 bridgehead atoms. The highest BCUT2D eigenvalue weighted by Crippen LogP contribution is 2.32. The van der Waals surface area contributed by atoms with Gasteiger partial charge in [-0.1, -0.05) is 87.0 Å². The van der Waals surface area contributed by atoms with Crippen molar-refractivity contribution in [2.24, 2.45) is 0 Å². The first-order valence-corrected chi connectivity index (χ1v) is 11.6. The zero-order chi connectivity index (χ0) is 24.1. The number of hydrogen-bond donors (Lipinski definition) is 0. The Morgan fingerprint density at radius 3 is 1.71 bits per heavy atom. The molecule has 0 amide bonds. The van der Waals surface area contributed by atoms with Gasteiger partial charge in [0.1, 0.15) is 18.2 Å². The largest absolute Gasteiger partial charge is 0.489 e. The second kappa shape index (κ2) is 10.6. The van der Waals surface area contributed by atoms with Crippen molar-refractivity contribution in [2.75, 3.05) is 0 Å². The first-order valence-electron chi connectivity index (χ1n) is 11.6. The molecule has 174 valence electrons. The van der Waals surface area contributed by atoms with E-state index in [1.54, 1.807) is 48.5 Å². The van der Waals surface area contributed by atoms with E-state index < -0.39 is 11.6 Å². The fraction of sp³-hybridized carbons (Fsp3) is 0.200. The minimum absolute atomic E-state index is 0.202. The highest BCUT2D eigenvalue weighted by molar-refractivity contribution is 5.72. The maximum atomic E-state index is 15.0. The monoisotopic (exact) mass is 460 g/mol. The quantitative estimate of drug-likeness (QED) is 0.256. The van der Waals surface area contributed by atoms with Crippen LogP contribution in [0.25, 0.3) is 22.3 Å². The summed E-state index contributed by atoms with van der Waals surface area (Å²) in [5.41, 5.74) is 4.33. The van der Waals surface area contributed by atoms with E-state index >= 15 is 0 Å². The third-order valence-electron chi connectivity index (χ3n) is 5.96. The van der Waals surface area contributed by atoms with Crippen molar-refractivity contribution in [1.82, 2.24) is 0 Å². The Kier molecular flexibility index (Phi) is 7.36. The smallest absolute Gasteiger partial charge is 0.167 e. The van der Waals surface area contributed by atoms with Crippen molar-refractivity contribution in [3.63, 3.8) is 0 Å². The van der Waals surface area contributed by atoms with Gasteiger partial charge < -0.3 is 4.74 Å². The molecule has 0 aromatic heterocycles. The number of rotatable bonds is 8. The fourth-order valence-electron chi connectivity index (χ4n) is 3.99. The molecule has 0 N–H and O–H groups in total. The Morgan fingerprint density at radius 2 is 1.21 bits per heavy atom. The molecule has 0 aliphatic heterocycles. The van der Waals surface area contributed by atoms with Crippen molar-refractivity contribution in [1.29, 1.82) is 0 Å². The molecule has 1 nitrogen and oxygen atoms in total. The minimum atomic E-state index is -0.870. The van der Waals surface area contributed by atoms with E-state index in [0.717, 1.165) is 18.4 Å². The topological polar surface area (TPSA) is 9.23 Å². The van der Waals surface area contributed by atoms with Gasteiger partial charge in [-0.2, -0.15) is 0 Å². The third-order valence-corrected chi connectivity index (χ3v) is 5.96. The molecule has 0 heterocycles. The van der Waals surface area contributed by atoms with Gasteiger partial charge in [0.05, 0.1) is 0 Å². The van der Waals surface area contributed by atoms with Gasteiger partial charge >= 0.3 is 0 Å². The Hall–Kier alpha value is -3.53. The normalized spacial score (nSPS) is 11.0. The Morgan fingerprint density at radius 1 is 0.647 bits per heavy atom. The van der Waals surface area contributed by atoms with Crippen LogP contribution in [0.15, 0.2) is 78.9 Å². The van der Waals surface area contributed by atoms with Crippen LogP contribution in [0, 0.1) is 17.5 Å². The van der Waals surface area contributed by atoms with Crippen molar-refractivity contribution in [3.8, 4) is 28.0 Å². The summed E-state index contributed by atoms with van der Waals surface area (Å²) in [4.78, 5) is 0. The Balaban J connectivity index is 1.49. The zero-order valence-corrected chi connectivity index (χ0v) is 19.4. The summed E-state index contributed by atoms with van der Waals surface area (Å²) < 4.78 is 49.5. The van der Waals surface area contributed by atoms with Gasteiger partial charge in [-0.3, -0.25) is 0 Å².